The Balaban J connectivity index is 2.02. The minimum atomic E-state index is 0.216. The molecular weight excluding hydrogens is 282 g/mol. The molecule has 1 aliphatic rings. The van der Waals surface area contributed by atoms with Crippen molar-refractivity contribution in [2.75, 3.05) is 16.8 Å². The van der Waals surface area contributed by atoms with Gasteiger partial charge in [0.15, 0.2) is 0 Å². The maximum atomic E-state index is 2.41. The topological polar surface area (TPSA) is 11.4 Å². The number of nitrogens with zero attached hydrogens (tertiary/aromatic N) is 3. The highest BCUT2D eigenvalue weighted by Gasteiger charge is 2.29. The first-order valence-electron chi connectivity index (χ1n) is 8.00. The van der Waals surface area contributed by atoms with E-state index in [1.54, 1.807) is 0 Å². The van der Waals surface area contributed by atoms with Crippen LogP contribution in [0.1, 0.15) is 6.92 Å². The van der Waals surface area contributed by atoms with Crippen LogP contribution in [-0.2, 0) is 7.05 Å². The summed E-state index contributed by atoms with van der Waals surface area (Å²) in [4.78, 5) is 4.76. The van der Waals surface area contributed by atoms with Gasteiger partial charge in [0.25, 0.3) is 0 Å². The lowest BCUT2D eigenvalue weighted by molar-refractivity contribution is 0.680. The van der Waals surface area contributed by atoms with Gasteiger partial charge in [-0.2, -0.15) is 0 Å². The molecule has 3 heteroatoms. The molecular formula is C20H21N3. The number of aryl methyl sites for hydroxylation is 1. The summed E-state index contributed by atoms with van der Waals surface area (Å²) in [5.74, 6) is 1.20. The number of anilines is 3. The van der Waals surface area contributed by atoms with Crippen molar-refractivity contribution in [3.05, 3.63) is 66.9 Å². The van der Waals surface area contributed by atoms with Crippen molar-refractivity contribution in [1.82, 2.24) is 4.57 Å². The van der Waals surface area contributed by atoms with Crippen LogP contribution in [0.5, 0.6) is 0 Å². The maximum Gasteiger partial charge on any atom is 0.114 e. The van der Waals surface area contributed by atoms with E-state index in [-0.39, 0.29) is 6.17 Å². The average Bonchev–Trinajstić information content (AvgIpc) is 2.97. The fourth-order valence-corrected chi connectivity index (χ4v) is 3.51. The van der Waals surface area contributed by atoms with E-state index in [1.807, 2.05) is 0 Å². The molecule has 1 atom stereocenters. The van der Waals surface area contributed by atoms with Gasteiger partial charge in [-0.25, -0.2) is 0 Å². The van der Waals surface area contributed by atoms with Crippen LogP contribution in [0.4, 0.5) is 17.2 Å². The molecule has 3 aromatic rings. The van der Waals surface area contributed by atoms with Gasteiger partial charge in [-0.3, -0.25) is 0 Å². The zero-order chi connectivity index (χ0) is 16.0. The molecule has 3 nitrogen and oxygen atoms in total. The Morgan fingerprint density at radius 3 is 2.00 bits per heavy atom. The van der Waals surface area contributed by atoms with Crippen LogP contribution in [0.25, 0.3) is 11.1 Å². The van der Waals surface area contributed by atoms with E-state index in [2.05, 4.69) is 102 Å². The summed E-state index contributed by atoms with van der Waals surface area (Å²) in [5.41, 5.74) is 5.08. The van der Waals surface area contributed by atoms with E-state index < -0.39 is 0 Å². The molecule has 0 aliphatic carbocycles. The number of benzene rings is 2. The summed E-state index contributed by atoms with van der Waals surface area (Å²) < 4.78 is 2.18. The van der Waals surface area contributed by atoms with E-state index in [1.165, 1.54) is 28.3 Å². The minimum Gasteiger partial charge on any atom is -0.354 e. The number of fused-ring (bicyclic) bond motifs is 3. The fourth-order valence-electron chi connectivity index (χ4n) is 3.51. The van der Waals surface area contributed by atoms with Crippen LogP contribution >= 0.6 is 0 Å². The van der Waals surface area contributed by atoms with E-state index in [4.69, 9.17) is 0 Å². The molecule has 1 unspecified atom stereocenters. The smallest absolute Gasteiger partial charge is 0.114 e. The Morgan fingerprint density at radius 2 is 1.35 bits per heavy atom. The molecule has 4 rings (SSSR count). The Hall–Kier alpha value is -2.68. The summed E-state index contributed by atoms with van der Waals surface area (Å²) in [6, 6.07) is 21.6. The normalized spacial score (nSPS) is 16.7. The Morgan fingerprint density at radius 1 is 0.739 bits per heavy atom. The molecule has 1 aliphatic heterocycles. The summed E-state index contributed by atoms with van der Waals surface area (Å²) in [7, 11) is 4.27. The molecule has 0 spiro atoms. The van der Waals surface area contributed by atoms with Gasteiger partial charge in [-0.15, -0.1) is 0 Å². The molecule has 0 N–H and O–H groups in total. The van der Waals surface area contributed by atoms with E-state index in [9.17, 15) is 0 Å². The zero-order valence-electron chi connectivity index (χ0n) is 13.8. The Labute approximate surface area is 137 Å². The highest BCUT2D eigenvalue weighted by molar-refractivity contribution is 5.91. The van der Waals surface area contributed by atoms with Crippen molar-refractivity contribution in [3.8, 4) is 11.1 Å². The van der Waals surface area contributed by atoms with Gasteiger partial charge in [0.05, 0.1) is 5.69 Å². The Bertz CT molecular complexity index is 849. The third kappa shape index (κ3) is 2.04. The summed E-state index contributed by atoms with van der Waals surface area (Å²) in [6.07, 6.45) is 2.32. The van der Waals surface area contributed by atoms with Gasteiger partial charge in [-0.1, -0.05) is 36.4 Å². The molecule has 23 heavy (non-hydrogen) atoms. The molecule has 0 saturated carbocycles. The van der Waals surface area contributed by atoms with Crippen LogP contribution in [-0.4, -0.2) is 17.8 Å². The quantitative estimate of drug-likeness (QED) is 0.649. The van der Waals surface area contributed by atoms with Gasteiger partial charge in [0.2, 0.25) is 0 Å². The summed E-state index contributed by atoms with van der Waals surface area (Å²) >= 11 is 0. The Kier molecular flexibility index (Phi) is 3.15. The lowest BCUT2D eigenvalue weighted by Crippen LogP contribution is -2.42. The molecule has 2 heterocycles. The summed E-state index contributed by atoms with van der Waals surface area (Å²) in [6.45, 7) is 2.26. The first-order valence-corrected chi connectivity index (χ1v) is 8.00. The molecule has 0 amide bonds. The third-order valence-electron chi connectivity index (χ3n) is 4.84. The first kappa shape index (κ1) is 13.9. The van der Waals surface area contributed by atoms with Crippen molar-refractivity contribution < 1.29 is 0 Å². The minimum absolute atomic E-state index is 0.216. The van der Waals surface area contributed by atoms with Crippen LogP contribution in [0.2, 0.25) is 0 Å². The van der Waals surface area contributed by atoms with Gasteiger partial charge < -0.3 is 14.4 Å². The molecule has 116 valence electrons. The second kappa shape index (κ2) is 5.20. The van der Waals surface area contributed by atoms with Gasteiger partial charge >= 0.3 is 0 Å². The van der Waals surface area contributed by atoms with Crippen LogP contribution < -0.4 is 9.80 Å². The van der Waals surface area contributed by atoms with E-state index >= 15 is 0 Å². The molecule has 0 bridgehead atoms. The standard InChI is InChI=1S/C20H21N3/c1-15-22(3)18-11-6-4-9-16(18)17-10-5-7-12-19(17)23(15)20-13-8-14-21(20)2/h4-15H,1-3H3. The molecule has 0 saturated heterocycles. The SMILES string of the molecule is CC1N(C)c2ccccc2-c2ccccc2N1c1cccn1C. The summed E-state index contributed by atoms with van der Waals surface area (Å²) in [5, 5.41) is 0. The van der Waals surface area contributed by atoms with Crippen molar-refractivity contribution in [2.24, 2.45) is 7.05 Å². The van der Waals surface area contributed by atoms with Crippen LogP contribution in [0.15, 0.2) is 66.9 Å². The van der Waals surface area contributed by atoms with Crippen molar-refractivity contribution in [3.63, 3.8) is 0 Å². The lowest BCUT2D eigenvalue weighted by Gasteiger charge is -2.36. The number of hydrogen-bond donors (Lipinski definition) is 0. The molecule has 2 aromatic carbocycles. The van der Waals surface area contributed by atoms with Crippen molar-refractivity contribution in [2.45, 2.75) is 13.1 Å². The fraction of sp³-hybridized carbons (Fsp3) is 0.200. The lowest BCUT2D eigenvalue weighted by atomic mass is 10.0. The zero-order valence-corrected chi connectivity index (χ0v) is 13.8. The monoisotopic (exact) mass is 303 g/mol. The largest absolute Gasteiger partial charge is 0.354 e. The average molecular weight is 303 g/mol. The maximum absolute atomic E-state index is 2.41. The number of hydrogen-bond acceptors (Lipinski definition) is 2. The third-order valence-corrected chi connectivity index (χ3v) is 4.84. The van der Waals surface area contributed by atoms with Gasteiger partial charge in [0, 0.05) is 37.1 Å². The number of aromatic nitrogens is 1. The molecule has 0 fully saturated rings. The van der Waals surface area contributed by atoms with E-state index in [0.29, 0.717) is 0 Å². The highest BCUT2D eigenvalue weighted by Crippen LogP contribution is 2.44. The highest BCUT2D eigenvalue weighted by atomic mass is 15.4. The molecule has 1 aromatic heterocycles. The van der Waals surface area contributed by atoms with Gasteiger partial charge in [-0.05, 0) is 31.2 Å². The second-order valence-electron chi connectivity index (χ2n) is 6.12. The van der Waals surface area contributed by atoms with E-state index in [0.717, 1.165) is 0 Å². The number of rotatable bonds is 1. The predicted octanol–water partition coefficient (Wildman–Crippen LogP) is 4.63. The van der Waals surface area contributed by atoms with Crippen LogP contribution in [0.3, 0.4) is 0 Å². The first-order chi connectivity index (χ1) is 11.2. The van der Waals surface area contributed by atoms with Crippen molar-refractivity contribution >= 4 is 17.2 Å². The second-order valence-corrected chi connectivity index (χ2v) is 6.12. The molecule has 0 radical (unpaired) electrons. The number of para-hydroxylation sites is 2. The van der Waals surface area contributed by atoms with Crippen molar-refractivity contribution in [1.29, 1.82) is 0 Å². The van der Waals surface area contributed by atoms with Gasteiger partial charge in [0.1, 0.15) is 12.0 Å². The predicted molar refractivity (Wildman–Crippen MR) is 97.3 cm³/mol. The van der Waals surface area contributed by atoms with Crippen LogP contribution in [0, 0.1) is 0 Å².